The van der Waals surface area contributed by atoms with Crippen molar-refractivity contribution in [3.8, 4) is 11.4 Å². The van der Waals surface area contributed by atoms with Crippen LogP contribution in [-0.4, -0.2) is 33.5 Å². The third-order valence-corrected chi connectivity index (χ3v) is 4.81. The number of hydrogen-bond donors (Lipinski definition) is 1. The summed E-state index contributed by atoms with van der Waals surface area (Å²) in [5, 5.41) is 8.88. The lowest BCUT2D eigenvalue weighted by Crippen LogP contribution is -2.08. The average molecular weight is 377 g/mol. The van der Waals surface area contributed by atoms with E-state index in [1.165, 1.54) is 11.8 Å². The molecule has 1 saturated carbocycles. The molecule has 0 amide bonds. The van der Waals surface area contributed by atoms with Crippen LogP contribution in [0.4, 0.5) is 8.78 Å². The van der Waals surface area contributed by atoms with Gasteiger partial charge in [0.2, 0.25) is 0 Å². The second-order valence-corrected chi connectivity index (χ2v) is 6.50. The Bertz CT molecular complexity index is 698. The number of nitrogens with two attached hydrogens (primary N) is 1. The lowest BCUT2D eigenvalue weighted by atomic mass is 10.3. The molecule has 0 bridgehead atoms. The molecule has 132 valence electrons. The van der Waals surface area contributed by atoms with Crippen molar-refractivity contribution in [3.05, 3.63) is 30.1 Å². The Hall–Kier alpha value is -1.38. The van der Waals surface area contributed by atoms with Crippen LogP contribution < -0.4 is 10.5 Å². The Morgan fingerprint density at radius 2 is 2.17 bits per heavy atom. The van der Waals surface area contributed by atoms with Crippen LogP contribution >= 0.6 is 24.2 Å². The number of methoxy groups -OCH3 is 1. The number of ether oxygens (including phenoxy) is 1. The summed E-state index contributed by atoms with van der Waals surface area (Å²) in [6, 6.07) is 7.48. The van der Waals surface area contributed by atoms with Crippen molar-refractivity contribution in [1.82, 2.24) is 14.8 Å². The van der Waals surface area contributed by atoms with Crippen molar-refractivity contribution >= 4 is 24.2 Å². The Balaban J connectivity index is 0.00000208. The summed E-state index contributed by atoms with van der Waals surface area (Å²) < 4.78 is 33.0. The van der Waals surface area contributed by atoms with Gasteiger partial charge in [-0.3, -0.25) is 4.57 Å². The van der Waals surface area contributed by atoms with Crippen LogP contribution in [0.3, 0.4) is 0 Å². The SMILES string of the molecule is COc1cccc(-n2c(CN)nnc2SCCC2CC2(F)F)c1.Cl. The van der Waals surface area contributed by atoms with Gasteiger partial charge in [-0.2, -0.15) is 0 Å². The van der Waals surface area contributed by atoms with E-state index in [-0.39, 0.29) is 25.4 Å². The third kappa shape index (κ3) is 3.99. The first-order valence-electron chi connectivity index (χ1n) is 7.34. The predicted octanol–water partition coefficient (Wildman–Crippen LogP) is 3.29. The van der Waals surface area contributed by atoms with E-state index >= 15 is 0 Å². The highest BCUT2D eigenvalue weighted by atomic mass is 35.5. The fourth-order valence-corrected chi connectivity index (χ4v) is 3.43. The lowest BCUT2D eigenvalue weighted by molar-refractivity contribution is 0.0983. The zero-order valence-electron chi connectivity index (χ0n) is 13.1. The molecule has 1 aromatic heterocycles. The summed E-state index contributed by atoms with van der Waals surface area (Å²) in [6.07, 6.45) is 0.477. The minimum absolute atomic E-state index is 0. The standard InChI is InChI=1S/C15H18F2N4OS.ClH/c1-22-12-4-2-3-11(7-12)21-13(9-18)19-20-14(21)23-6-5-10-8-15(10,16)17;/h2-4,7,10H,5-6,8-9,18H2,1H3;1H. The molecule has 1 aliphatic carbocycles. The molecule has 1 aliphatic rings. The maximum atomic E-state index is 12.9. The maximum Gasteiger partial charge on any atom is 0.251 e. The molecular formula is C15H19ClF2N4OS. The number of benzene rings is 1. The van der Waals surface area contributed by atoms with E-state index in [9.17, 15) is 8.78 Å². The number of rotatable bonds is 7. The Labute approximate surface area is 149 Å². The molecule has 9 heteroatoms. The topological polar surface area (TPSA) is 66.0 Å². The smallest absolute Gasteiger partial charge is 0.251 e. The highest BCUT2D eigenvalue weighted by Gasteiger charge is 2.55. The summed E-state index contributed by atoms with van der Waals surface area (Å²) in [5.74, 6) is -1.04. The van der Waals surface area contributed by atoms with Gasteiger partial charge in [-0.25, -0.2) is 8.78 Å². The minimum Gasteiger partial charge on any atom is -0.497 e. The molecule has 0 aliphatic heterocycles. The number of alkyl halides is 2. The summed E-state index contributed by atoms with van der Waals surface area (Å²) in [5.41, 5.74) is 6.57. The molecule has 5 nitrogen and oxygen atoms in total. The van der Waals surface area contributed by atoms with Gasteiger partial charge in [-0.15, -0.1) is 22.6 Å². The van der Waals surface area contributed by atoms with E-state index in [2.05, 4.69) is 10.2 Å². The first-order valence-corrected chi connectivity index (χ1v) is 8.33. The molecule has 1 unspecified atom stereocenters. The number of halogens is 3. The van der Waals surface area contributed by atoms with Crippen LogP contribution in [-0.2, 0) is 6.54 Å². The number of thioether (sulfide) groups is 1. The molecule has 2 aromatic rings. The molecule has 24 heavy (non-hydrogen) atoms. The molecule has 1 atom stereocenters. The number of nitrogens with zero attached hydrogens (tertiary/aromatic N) is 3. The van der Waals surface area contributed by atoms with E-state index in [4.69, 9.17) is 10.5 Å². The molecule has 0 radical (unpaired) electrons. The molecule has 0 spiro atoms. The zero-order valence-corrected chi connectivity index (χ0v) is 14.7. The molecule has 0 saturated heterocycles. The van der Waals surface area contributed by atoms with Gasteiger partial charge in [0, 0.05) is 24.2 Å². The van der Waals surface area contributed by atoms with Crippen LogP contribution in [0.5, 0.6) is 5.75 Å². The van der Waals surface area contributed by atoms with Crippen molar-refractivity contribution in [3.63, 3.8) is 0 Å². The molecule has 3 rings (SSSR count). The Kier molecular flexibility index (Phi) is 6.06. The largest absolute Gasteiger partial charge is 0.497 e. The van der Waals surface area contributed by atoms with Crippen molar-refractivity contribution < 1.29 is 13.5 Å². The highest BCUT2D eigenvalue weighted by Crippen LogP contribution is 2.51. The average Bonchev–Trinajstić information content (AvgIpc) is 2.97. The number of hydrogen-bond acceptors (Lipinski definition) is 5. The van der Waals surface area contributed by atoms with Gasteiger partial charge < -0.3 is 10.5 Å². The second kappa shape index (κ2) is 7.67. The summed E-state index contributed by atoms with van der Waals surface area (Å²) in [7, 11) is 1.60. The summed E-state index contributed by atoms with van der Waals surface area (Å²) in [4.78, 5) is 0. The van der Waals surface area contributed by atoms with Crippen LogP contribution in [0.1, 0.15) is 18.7 Å². The zero-order chi connectivity index (χ0) is 16.4. The molecular weight excluding hydrogens is 358 g/mol. The van der Waals surface area contributed by atoms with E-state index < -0.39 is 11.8 Å². The first-order chi connectivity index (χ1) is 11.0. The van der Waals surface area contributed by atoms with E-state index in [0.717, 1.165) is 5.69 Å². The second-order valence-electron chi connectivity index (χ2n) is 5.44. The molecule has 1 heterocycles. The van der Waals surface area contributed by atoms with Crippen LogP contribution in [0, 0.1) is 5.92 Å². The van der Waals surface area contributed by atoms with E-state index in [1.807, 2.05) is 28.8 Å². The predicted molar refractivity (Wildman–Crippen MR) is 91.4 cm³/mol. The Morgan fingerprint density at radius 3 is 2.79 bits per heavy atom. The van der Waals surface area contributed by atoms with Gasteiger partial charge in [0.1, 0.15) is 5.75 Å². The van der Waals surface area contributed by atoms with Gasteiger partial charge in [0.25, 0.3) is 5.92 Å². The maximum absolute atomic E-state index is 12.9. The van der Waals surface area contributed by atoms with Gasteiger partial charge in [0.15, 0.2) is 11.0 Å². The van der Waals surface area contributed by atoms with Gasteiger partial charge in [-0.1, -0.05) is 17.8 Å². The van der Waals surface area contributed by atoms with Crippen molar-refractivity contribution in [1.29, 1.82) is 0 Å². The lowest BCUT2D eigenvalue weighted by Gasteiger charge is -2.10. The highest BCUT2D eigenvalue weighted by molar-refractivity contribution is 7.99. The van der Waals surface area contributed by atoms with E-state index in [0.29, 0.717) is 28.9 Å². The monoisotopic (exact) mass is 376 g/mol. The Morgan fingerprint density at radius 1 is 1.42 bits per heavy atom. The van der Waals surface area contributed by atoms with Gasteiger partial charge in [0.05, 0.1) is 19.3 Å². The van der Waals surface area contributed by atoms with E-state index in [1.54, 1.807) is 7.11 Å². The quantitative estimate of drug-likeness (QED) is 0.751. The summed E-state index contributed by atoms with van der Waals surface area (Å²) >= 11 is 1.42. The summed E-state index contributed by atoms with van der Waals surface area (Å²) in [6.45, 7) is 0.242. The van der Waals surface area contributed by atoms with Crippen LogP contribution in [0.2, 0.25) is 0 Å². The van der Waals surface area contributed by atoms with Crippen LogP contribution in [0.25, 0.3) is 5.69 Å². The fraction of sp³-hybridized carbons (Fsp3) is 0.467. The van der Waals surface area contributed by atoms with Crippen molar-refractivity contribution in [2.45, 2.75) is 30.5 Å². The normalized spacial score (nSPS) is 18.1. The first kappa shape index (κ1) is 19.0. The van der Waals surface area contributed by atoms with Crippen molar-refractivity contribution in [2.75, 3.05) is 12.9 Å². The number of aromatic nitrogens is 3. The fourth-order valence-electron chi connectivity index (χ4n) is 2.41. The van der Waals surface area contributed by atoms with Crippen molar-refractivity contribution in [2.24, 2.45) is 11.7 Å². The van der Waals surface area contributed by atoms with Crippen LogP contribution in [0.15, 0.2) is 29.4 Å². The molecule has 1 fully saturated rings. The van der Waals surface area contributed by atoms with Gasteiger partial charge in [-0.05, 0) is 18.6 Å². The minimum atomic E-state index is -2.47. The molecule has 1 aromatic carbocycles. The van der Waals surface area contributed by atoms with Gasteiger partial charge >= 0.3 is 0 Å². The molecule has 2 N–H and O–H groups in total. The third-order valence-electron chi connectivity index (χ3n) is 3.85.